The number of nitrogens with two attached hydrogens (primary N) is 2. The van der Waals surface area contributed by atoms with Crippen molar-refractivity contribution in [2.45, 2.75) is 213 Å². The lowest BCUT2D eigenvalue weighted by Gasteiger charge is -2.31. The highest BCUT2D eigenvalue weighted by Gasteiger charge is 2.40. The van der Waals surface area contributed by atoms with Gasteiger partial charge in [-0.05, 0) is 277 Å². The number of aryl methyl sites for hydroxylation is 4. The average molecular weight is 1890 g/mol. The molecule has 0 unspecified atom stereocenters. The Hall–Kier alpha value is -11.2. The van der Waals surface area contributed by atoms with Crippen molar-refractivity contribution in [3.8, 4) is 50.3 Å². The van der Waals surface area contributed by atoms with Crippen molar-refractivity contribution in [3.05, 3.63) is 273 Å². The lowest BCUT2D eigenvalue weighted by Crippen LogP contribution is -2.29. The van der Waals surface area contributed by atoms with Crippen LogP contribution in [0.15, 0.2) is 162 Å². The maximum Gasteiger partial charge on any atom is 0.339 e. The molecule has 6 N–H and O–H groups in total. The van der Waals surface area contributed by atoms with Gasteiger partial charge in [0.05, 0.1) is 81.8 Å². The number of nitrogens with one attached hydrogen (secondary N) is 2. The van der Waals surface area contributed by atoms with Gasteiger partial charge in [-0.15, -0.1) is 0 Å². The molecular formula is C107H133BrN4O17S2. The number of anilines is 4. The van der Waals surface area contributed by atoms with E-state index in [9.17, 15) is 36.0 Å². The van der Waals surface area contributed by atoms with E-state index >= 15 is 0 Å². The molecule has 0 bridgehead atoms. The summed E-state index contributed by atoms with van der Waals surface area (Å²) in [4.78, 5) is 51.8. The van der Waals surface area contributed by atoms with Gasteiger partial charge >= 0.3 is 23.9 Å². The molecule has 0 aliphatic rings. The van der Waals surface area contributed by atoms with E-state index in [2.05, 4.69) is 99.0 Å². The Labute approximate surface area is 786 Å². The summed E-state index contributed by atoms with van der Waals surface area (Å²) in [5.41, 5.74) is 36.6. The first-order valence-corrected chi connectivity index (χ1v) is 47.6. The average Bonchev–Trinajstić information content (AvgIpc) is 0.752. The maximum atomic E-state index is 13.2. The minimum Gasteiger partial charge on any atom is -0.494 e. The number of sulfonamides is 2. The topological polar surface area (TPSA) is 296 Å². The van der Waals surface area contributed by atoms with Gasteiger partial charge in [0, 0.05) is 54.8 Å². The van der Waals surface area contributed by atoms with Crippen LogP contribution in [-0.2, 0) is 77.1 Å². The van der Waals surface area contributed by atoms with Crippen LogP contribution in [0.4, 0.5) is 22.7 Å². The summed E-state index contributed by atoms with van der Waals surface area (Å²) in [6, 6.07) is 52.3. The second kappa shape index (κ2) is 44.8. The van der Waals surface area contributed by atoms with Crippen molar-refractivity contribution >= 4 is 107 Å². The molecule has 131 heavy (non-hydrogen) atoms. The second-order valence-corrected chi connectivity index (χ2v) is 40.9. The number of esters is 4. The fraction of sp³-hybridized carbons (Fsp3) is 0.364. The van der Waals surface area contributed by atoms with Gasteiger partial charge < -0.3 is 54.1 Å². The molecule has 0 amide bonds. The number of methoxy groups -OCH3 is 5. The number of nitrogen functional groups attached to an aromatic ring is 2. The highest BCUT2D eigenvalue weighted by atomic mass is 79.9. The van der Waals surface area contributed by atoms with E-state index in [1.807, 2.05) is 268 Å². The van der Waals surface area contributed by atoms with Crippen LogP contribution in [0, 0.1) is 83.1 Å². The fourth-order valence-electron chi connectivity index (χ4n) is 15.3. The number of carbonyl (C=O) groups excluding carboxylic acids is 4. The van der Waals surface area contributed by atoms with Gasteiger partial charge in [-0.1, -0.05) is 204 Å². The second-order valence-electron chi connectivity index (χ2n) is 36.6. The molecule has 0 spiro atoms. The highest BCUT2D eigenvalue weighted by Crippen LogP contribution is 2.51. The zero-order chi connectivity index (χ0) is 98.2. The van der Waals surface area contributed by atoms with Crippen LogP contribution in [0.5, 0.6) is 5.75 Å². The van der Waals surface area contributed by atoms with E-state index in [4.69, 9.17) is 54.1 Å². The Morgan fingerprint density at radius 3 is 0.863 bits per heavy atom. The van der Waals surface area contributed by atoms with Crippen LogP contribution in [0.3, 0.4) is 0 Å². The van der Waals surface area contributed by atoms with Crippen molar-refractivity contribution in [2.24, 2.45) is 0 Å². The van der Waals surface area contributed by atoms with Gasteiger partial charge in [-0.2, -0.15) is 0 Å². The van der Waals surface area contributed by atoms with Crippen LogP contribution in [0.2, 0.25) is 0 Å². The zero-order valence-electron chi connectivity index (χ0n) is 81.9. The summed E-state index contributed by atoms with van der Waals surface area (Å²) in [7, 11) is -0.411. The SMILES string of the molecule is COC(=O)[C@@H](OC(C)(C)C)c1c(C)c(N)c(/C=C/c2ccccc2)c(C)c1-c1ccc(C)cc1.COC(=O)[C@@H](OC(C)(C)C)c1c(C)c(N)c(Br)c(C)c1-c1ccc(C)cc1.COC(=O)[C@@H](OC(C)(C)C)c1c(C)c(NS(C)(=O)=O)c(/C=C/c2ccccc2)c(C)c1-c1ccc(C)cc1.COC(=O)[C@@H](OC(C)(C)C)c1c(C)c(NS(C)(=O)=O)c(OC)c(C)c1-c1ccc(C)cc1. The molecule has 10 rings (SSSR count). The number of hydrogen-bond donors (Lipinski definition) is 4. The summed E-state index contributed by atoms with van der Waals surface area (Å²) >= 11 is 3.61. The predicted molar refractivity (Wildman–Crippen MR) is 537 cm³/mol. The number of rotatable bonds is 25. The smallest absolute Gasteiger partial charge is 0.339 e. The van der Waals surface area contributed by atoms with Crippen LogP contribution < -0.4 is 25.6 Å². The maximum absolute atomic E-state index is 13.2. The van der Waals surface area contributed by atoms with Crippen LogP contribution in [0.25, 0.3) is 68.8 Å². The monoisotopic (exact) mass is 1890 g/mol. The molecule has 702 valence electrons. The standard InChI is InChI=1S/C31H37NO5S.C30H35NO3.C24H33NO6S.C22H28BrNO3/c1-20-14-17-24(18-15-20)26-21(2)25(19-16-23-12-10-9-11-13-23)28(32-38(8,34)35)22(3)27(26)29(30(33)36-7)37-31(4,5)6;1-19-13-16-23(17-14-19)25-20(2)24(18-15-22-11-9-8-10-12-22)27(31)21(3)26(25)28(29(32)33-7)34-30(4,5)6;1-14-10-12-17(13-11-14)18-16(3)21(29-7)20(25-32(9,27)28)15(2)19(18)22(23(26)30-8)31-24(4,5)6;1-12-8-10-15(11-9-12)16-13(2)18(23)19(24)14(3)17(16)20(21(25)26-7)27-22(4,5)6/h9-19,29,32H,1-8H3;8-18,28H,31H2,1-7H3;10-13,22,25H,1-9H3;8-11,20H,24H2,1-7H3/b19-16+;18-15+;;/t29-;28-;22-;20-/m0000/s1. The first-order chi connectivity index (χ1) is 60.9. The van der Waals surface area contributed by atoms with Gasteiger partial charge in [0.1, 0.15) is 5.75 Å². The first-order valence-electron chi connectivity index (χ1n) is 43.0. The normalized spacial score (nSPS) is 12.8. The molecule has 0 saturated carbocycles. The molecule has 0 aromatic heterocycles. The zero-order valence-corrected chi connectivity index (χ0v) is 85.1. The van der Waals surface area contributed by atoms with E-state index in [1.165, 1.54) is 41.1 Å². The Balaban J connectivity index is 0.000000240. The molecule has 0 aliphatic heterocycles. The molecule has 10 aromatic rings. The van der Waals surface area contributed by atoms with Gasteiger partial charge in [0.2, 0.25) is 20.0 Å². The number of carbonyl (C=O) groups is 4. The third kappa shape index (κ3) is 28.4. The number of halogens is 1. The van der Waals surface area contributed by atoms with Crippen LogP contribution in [0.1, 0.15) is 219 Å². The summed E-state index contributed by atoms with van der Waals surface area (Å²) < 4.78 is 106. The molecule has 4 atom stereocenters. The Bertz CT molecular complexity index is 6050. The molecule has 24 heteroatoms. The predicted octanol–water partition coefficient (Wildman–Crippen LogP) is 24.3. The van der Waals surface area contributed by atoms with Gasteiger partial charge in [-0.3, -0.25) is 9.44 Å². The number of ether oxygens (including phenoxy) is 9. The minimum absolute atomic E-state index is 0.268. The van der Waals surface area contributed by atoms with Crippen molar-refractivity contribution < 1.29 is 78.6 Å². The van der Waals surface area contributed by atoms with Crippen molar-refractivity contribution in [1.82, 2.24) is 0 Å². The lowest BCUT2D eigenvalue weighted by atomic mass is 9.84. The molecule has 0 aliphatic carbocycles. The molecule has 0 fully saturated rings. The lowest BCUT2D eigenvalue weighted by molar-refractivity contribution is -0.164. The van der Waals surface area contributed by atoms with Crippen LogP contribution in [-0.4, -0.2) is 111 Å². The largest absolute Gasteiger partial charge is 0.494 e. The van der Waals surface area contributed by atoms with Crippen molar-refractivity contribution in [1.29, 1.82) is 0 Å². The number of hydrogen-bond acceptors (Lipinski definition) is 19. The summed E-state index contributed by atoms with van der Waals surface area (Å²) in [5, 5.41) is 0. The summed E-state index contributed by atoms with van der Waals surface area (Å²) in [6.45, 7) is 46.0. The van der Waals surface area contributed by atoms with E-state index < -0.39 is 90.7 Å². The molecule has 0 saturated heterocycles. The van der Waals surface area contributed by atoms with Gasteiger partial charge in [0.15, 0.2) is 24.4 Å². The third-order valence-corrected chi connectivity index (χ3v) is 23.6. The van der Waals surface area contributed by atoms with E-state index in [1.54, 1.807) is 6.92 Å². The van der Waals surface area contributed by atoms with E-state index in [0.29, 0.717) is 56.2 Å². The minimum atomic E-state index is -3.65. The van der Waals surface area contributed by atoms with Gasteiger partial charge in [-0.25, -0.2) is 36.0 Å². The Morgan fingerprint density at radius 1 is 0.328 bits per heavy atom. The van der Waals surface area contributed by atoms with E-state index in [0.717, 1.165) is 134 Å². The molecule has 0 radical (unpaired) electrons. The fourth-order valence-corrected chi connectivity index (χ4v) is 17.1. The van der Waals surface area contributed by atoms with Crippen LogP contribution >= 0.6 is 15.9 Å². The summed E-state index contributed by atoms with van der Waals surface area (Å²) in [6.07, 6.45) is 6.19. The first kappa shape index (κ1) is 107. The van der Waals surface area contributed by atoms with Crippen molar-refractivity contribution in [2.75, 3.05) is 69.0 Å². The quantitative estimate of drug-likeness (QED) is 0.0179. The molecular weight excluding hydrogens is 1760 g/mol. The van der Waals surface area contributed by atoms with E-state index in [-0.39, 0.29) is 5.69 Å². The van der Waals surface area contributed by atoms with Gasteiger partial charge in [0.25, 0.3) is 0 Å². The Morgan fingerprint density at radius 2 is 0.580 bits per heavy atom. The Kier molecular flexibility index (Phi) is 36.5. The number of benzene rings is 10. The molecule has 10 aromatic carbocycles. The summed E-state index contributed by atoms with van der Waals surface area (Å²) in [5.74, 6) is -1.65. The van der Waals surface area contributed by atoms with Crippen molar-refractivity contribution in [3.63, 3.8) is 0 Å². The molecule has 0 heterocycles. The highest BCUT2D eigenvalue weighted by molar-refractivity contribution is 9.10. The third-order valence-electron chi connectivity index (χ3n) is 21.5. The molecule has 21 nitrogen and oxygen atoms in total.